The summed E-state index contributed by atoms with van der Waals surface area (Å²) in [4.78, 5) is 3.92. The van der Waals surface area contributed by atoms with Gasteiger partial charge in [0.1, 0.15) is 15.9 Å². The summed E-state index contributed by atoms with van der Waals surface area (Å²) in [6.45, 7) is 6.26. The minimum Gasteiger partial charge on any atom is -0.396 e. The zero-order chi connectivity index (χ0) is 14.4. The second kappa shape index (κ2) is 7.63. The van der Waals surface area contributed by atoms with Crippen molar-refractivity contribution >= 4 is 33.8 Å². The van der Waals surface area contributed by atoms with Gasteiger partial charge in [-0.2, -0.15) is 5.26 Å². The van der Waals surface area contributed by atoms with E-state index in [2.05, 4.69) is 37.2 Å². The molecule has 0 spiro atoms. The first-order valence-electron chi connectivity index (χ1n) is 6.35. The van der Waals surface area contributed by atoms with Crippen molar-refractivity contribution in [3.63, 3.8) is 0 Å². The molecule has 0 aliphatic rings. The molecule has 0 saturated carbocycles. The number of thioether (sulfide) groups is 1. The molecule has 4 nitrogen and oxygen atoms in total. The zero-order valence-corrected chi connectivity index (χ0v) is 13.6. The topological polar surface area (TPSA) is 65.1 Å². The van der Waals surface area contributed by atoms with Gasteiger partial charge in [-0.15, -0.1) is 23.1 Å². The van der Waals surface area contributed by atoms with E-state index in [0.29, 0.717) is 16.6 Å². The third-order valence-corrected chi connectivity index (χ3v) is 5.33. The Bertz CT molecular complexity index is 450. The first kappa shape index (κ1) is 16.2. The van der Waals surface area contributed by atoms with E-state index in [1.807, 2.05) is 6.26 Å². The lowest BCUT2D eigenvalue weighted by Crippen LogP contribution is -2.32. The zero-order valence-electron chi connectivity index (χ0n) is 12.0. The van der Waals surface area contributed by atoms with Crippen LogP contribution in [0.25, 0.3) is 0 Å². The van der Waals surface area contributed by atoms with Crippen LogP contribution in [0.3, 0.4) is 0 Å². The van der Waals surface area contributed by atoms with Crippen molar-refractivity contribution in [3.8, 4) is 6.07 Å². The maximum absolute atomic E-state index is 9.01. The number of anilines is 2. The molecule has 0 radical (unpaired) electrons. The maximum atomic E-state index is 9.01. The Labute approximate surface area is 124 Å². The summed E-state index contributed by atoms with van der Waals surface area (Å²) in [5.74, 6) is 0. The number of hydrogen-bond donors (Lipinski definition) is 2. The van der Waals surface area contributed by atoms with E-state index in [-0.39, 0.29) is 0 Å². The number of thiophene rings is 1. The van der Waals surface area contributed by atoms with Crippen LogP contribution in [0, 0.1) is 11.3 Å². The molecule has 1 unspecified atom stereocenters. The number of hydrogen-bond acceptors (Lipinski definition) is 6. The SMILES string of the molecule is CCC(C)N(C)CCNc1sc(C#N)c(N)c1SC. The smallest absolute Gasteiger partial charge is 0.131 e. The Balaban J connectivity index is 2.61. The number of nitrogens with one attached hydrogen (secondary N) is 1. The molecule has 0 aromatic carbocycles. The largest absolute Gasteiger partial charge is 0.396 e. The van der Waals surface area contributed by atoms with E-state index in [1.54, 1.807) is 11.8 Å². The molecule has 0 bridgehead atoms. The molecule has 1 atom stereocenters. The van der Waals surface area contributed by atoms with E-state index in [4.69, 9.17) is 11.0 Å². The highest BCUT2D eigenvalue weighted by atomic mass is 32.2. The van der Waals surface area contributed by atoms with Crippen LogP contribution in [-0.4, -0.2) is 37.3 Å². The van der Waals surface area contributed by atoms with Crippen molar-refractivity contribution in [2.75, 3.05) is 37.4 Å². The van der Waals surface area contributed by atoms with Crippen molar-refractivity contribution in [2.24, 2.45) is 0 Å². The summed E-state index contributed by atoms with van der Waals surface area (Å²) in [6, 6.07) is 2.73. The molecule has 6 heteroatoms. The Kier molecular flexibility index (Phi) is 6.49. The van der Waals surface area contributed by atoms with Crippen molar-refractivity contribution in [3.05, 3.63) is 4.88 Å². The number of nitrogen functional groups attached to an aromatic ring is 1. The Morgan fingerprint density at radius 1 is 1.58 bits per heavy atom. The third kappa shape index (κ3) is 4.03. The molecule has 0 aliphatic carbocycles. The molecule has 0 saturated heterocycles. The van der Waals surface area contributed by atoms with E-state index in [0.717, 1.165) is 29.4 Å². The van der Waals surface area contributed by atoms with Crippen molar-refractivity contribution in [1.29, 1.82) is 5.26 Å². The van der Waals surface area contributed by atoms with Gasteiger partial charge in [0.25, 0.3) is 0 Å². The van der Waals surface area contributed by atoms with Crippen molar-refractivity contribution < 1.29 is 0 Å². The molecule has 19 heavy (non-hydrogen) atoms. The van der Waals surface area contributed by atoms with E-state index >= 15 is 0 Å². The second-order valence-corrected chi connectivity index (χ2v) is 6.32. The predicted molar refractivity (Wildman–Crippen MR) is 86.1 cm³/mol. The lowest BCUT2D eigenvalue weighted by atomic mass is 10.2. The van der Waals surface area contributed by atoms with Gasteiger partial charge in [-0.05, 0) is 26.6 Å². The highest BCUT2D eigenvalue weighted by molar-refractivity contribution is 7.99. The fraction of sp³-hybridized carbons (Fsp3) is 0.615. The first-order chi connectivity index (χ1) is 9.04. The van der Waals surface area contributed by atoms with Gasteiger partial charge in [0.05, 0.1) is 10.6 Å². The molecule has 1 aromatic rings. The summed E-state index contributed by atoms with van der Waals surface area (Å²) in [5.41, 5.74) is 6.55. The summed E-state index contributed by atoms with van der Waals surface area (Å²) in [5, 5.41) is 13.4. The van der Waals surface area contributed by atoms with Gasteiger partial charge < -0.3 is 16.0 Å². The third-order valence-electron chi connectivity index (χ3n) is 3.30. The van der Waals surface area contributed by atoms with Gasteiger partial charge in [0.15, 0.2) is 0 Å². The molecule has 1 heterocycles. The number of nitriles is 1. The van der Waals surface area contributed by atoms with Gasteiger partial charge >= 0.3 is 0 Å². The number of nitrogens with two attached hydrogens (primary N) is 1. The molecule has 0 aliphatic heterocycles. The minimum atomic E-state index is 0.588. The van der Waals surface area contributed by atoms with Crippen LogP contribution in [0.5, 0.6) is 0 Å². The first-order valence-corrected chi connectivity index (χ1v) is 8.39. The van der Waals surface area contributed by atoms with Crippen molar-refractivity contribution in [1.82, 2.24) is 4.90 Å². The van der Waals surface area contributed by atoms with Crippen LogP contribution < -0.4 is 11.1 Å². The highest BCUT2D eigenvalue weighted by Crippen LogP contribution is 2.40. The second-order valence-electron chi connectivity index (χ2n) is 4.48. The number of nitrogens with zero attached hydrogens (tertiary/aromatic N) is 2. The standard InChI is InChI=1S/C13H22N4S2/c1-5-9(2)17(3)7-6-16-13-12(18-4)11(15)10(8-14)19-13/h9,16H,5-7,15H2,1-4H3. The average molecular weight is 298 g/mol. The molecule has 106 valence electrons. The maximum Gasteiger partial charge on any atom is 0.131 e. The van der Waals surface area contributed by atoms with Gasteiger partial charge in [-0.25, -0.2) is 0 Å². The normalized spacial score (nSPS) is 12.4. The van der Waals surface area contributed by atoms with E-state index in [1.165, 1.54) is 11.3 Å². The lowest BCUT2D eigenvalue weighted by Gasteiger charge is -2.23. The highest BCUT2D eigenvalue weighted by Gasteiger charge is 2.15. The summed E-state index contributed by atoms with van der Waals surface area (Å²) < 4.78 is 0. The van der Waals surface area contributed by atoms with E-state index in [9.17, 15) is 0 Å². The monoisotopic (exact) mass is 298 g/mol. The lowest BCUT2D eigenvalue weighted by molar-refractivity contribution is 0.261. The quantitative estimate of drug-likeness (QED) is 0.757. The van der Waals surface area contributed by atoms with Crippen molar-refractivity contribution in [2.45, 2.75) is 31.2 Å². The molecule has 0 amide bonds. The van der Waals surface area contributed by atoms with Crippen LogP contribution >= 0.6 is 23.1 Å². The molecular weight excluding hydrogens is 276 g/mol. The molecule has 0 fully saturated rings. The van der Waals surface area contributed by atoms with E-state index < -0.39 is 0 Å². The average Bonchev–Trinajstić information content (AvgIpc) is 2.73. The Morgan fingerprint density at radius 2 is 2.26 bits per heavy atom. The number of rotatable bonds is 7. The summed E-state index contributed by atoms with van der Waals surface area (Å²) >= 11 is 3.03. The van der Waals surface area contributed by atoms with Gasteiger partial charge in [-0.3, -0.25) is 0 Å². The Hall–Kier alpha value is -0.900. The summed E-state index contributed by atoms with van der Waals surface area (Å²) in [6.07, 6.45) is 3.13. The molecular formula is C13H22N4S2. The minimum absolute atomic E-state index is 0.588. The molecule has 1 aromatic heterocycles. The fourth-order valence-corrected chi connectivity index (χ4v) is 3.57. The van der Waals surface area contributed by atoms with Crippen LogP contribution in [0.15, 0.2) is 4.90 Å². The summed E-state index contributed by atoms with van der Waals surface area (Å²) in [7, 11) is 2.13. The molecule has 1 rings (SSSR count). The number of likely N-dealkylation sites (N-methyl/N-ethyl adjacent to an activating group) is 1. The van der Waals surface area contributed by atoms with Gasteiger partial charge in [0.2, 0.25) is 0 Å². The van der Waals surface area contributed by atoms with Crippen LogP contribution in [-0.2, 0) is 0 Å². The van der Waals surface area contributed by atoms with Gasteiger partial charge in [0, 0.05) is 19.1 Å². The fourth-order valence-electron chi connectivity index (χ4n) is 1.71. The van der Waals surface area contributed by atoms with Gasteiger partial charge in [-0.1, -0.05) is 6.92 Å². The van der Waals surface area contributed by atoms with Crippen LogP contribution in [0.2, 0.25) is 0 Å². The van der Waals surface area contributed by atoms with Crippen LogP contribution in [0.1, 0.15) is 25.1 Å². The molecule has 3 N–H and O–H groups in total. The van der Waals surface area contributed by atoms with Crippen LogP contribution in [0.4, 0.5) is 10.7 Å². The Morgan fingerprint density at radius 3 is 2.79 bits per heavy atom. The predicted octanol–water partition coefficient (Wildman–Crippen LogP) is 3.07.